The largest absolute Gasteiger partial charge is 0.330 e. The maximum Gasteiger partial charge on any atom is 0.124 e. The first kappa shape index (κ1) is 11.6. The summed E-state index contributed by atoms with van der Waals surface area (Å²) in [4.78, 5) is 4.34. The average molecular weight is 252 g/mol. The monoisotopic (exact) mass is 250 g/mol. The van der Waals surface area contributed by atoms with Crippen LogP contribution >= 0.6 is 35.6 Å². The number of aromatic nitrogens is 2. The van der Waals surface area contributed by atoms with Gasteiger partial charge in [0.2, 0.25) is 0 Å². The molecule has 0 fully saturated rings. The summed E-state index contributed by atoms with van der Waals surface area (Å²) in [6, 6.07) is 5.64. The summed E-state index contributed by atoms with van der Waals surface area (Å²) in [7, 11) is 1.95. The van der Waals surface area contributed by atoms with Gasteiger partial charge in [0.25, 0.3) is 0 Å². The third-order valence-electron chi connectivity index (χ3n) is 2.06. The Balaban J connectivity index is 0.000000980. The van der Waals surface area contributed by atoms with Crippen molar-refractivity contribution in [3.05, 3.63) is 29.0 Å². The molecule has 1 heterocycles. The molecule has 5 heteroatoms. The molecule has 0 bridgehead atoms. The molecule has 0 radical (unpaired) electrons. The lowest BCUT2D eigenvalue weighted by Gasteiger charge is -1.96. The van der Waals surface area contributed by atoms with Gasteiger partial charge in [-0.15, -0.1) is 24.0 Å². The van der Waals surface area contributed by atoms with Crippen LogP contribution < -0.4 is 0 Å². The molecule has 0 aliphatic carbocycles. The smallest absolute Gasteiger partial charge is 0.124 e. The minimum absolute atomic E-state index is 0. The van der Waals surface area contributed by atoms with Crippen molar-refractivity contribution in [3.63, 3.8) is 0 Å². The summed E-state index contributed by atoms with van der Waals surface area (Å²) in [5, 5.41) is 0.701. The highest BCUT2D eigenvalue weighted by atomic mass is 35.5. The van der Waals surface area contributed by atoms with Gasteiger partial charge in [-0.2, -0.15) is 0 Å². The molecule has 0 atom stereocenters. The number of rotatable bonds is 1. The molecule has 2 nitrogen and oxygen atoms in total. The maximum absolute atomic E-state index is 5.84. The summed E-state index contributed by atoms with van der Waals surface area (Å²) in [6.45, 7) is 0. The Labute approximate surface area is 98.2 Å². The lowest BCUT2D eigenvalue weighted by molar-refractivity contribution is 0.874. The predicted molar refractivity (Wildman–Crippen MR) is 62.5 cm³/mol. The fourth-order valence-electron chi connectivity index (χ4n) is 1.34. The first-order chi connectivity index (χ1) is 6.22. The number of aryl methyl sites for hydroxylation is 1. The molecule has 0 saturated heterocycles. The Kier molecular flexibility index (Phi) is 3.65. The van der Waals surface area contributed by atoms with Crippen LogP contribution in [0.1, 0.15) is 5.82 Å². The summed E-state index contributed by atoms with van der Waals surface area (Å²) in [5.41, 5.74) is 1.95. The van der Waals surface area contributed by atoms with Crippen molar-refractivity contribution in [2.24, 2.45) is 7.05 Å². The number of fused-ring (bicyclic) bond motifs is 1. The van der Waals surface area contributed by atoms with Gasteiger partial charge in [0.15, 0.2) is 0 Å². The summed E-state index contributed by atoms with van der Waals surface area (Å²) in [5.74, 6) is 1.28. The second-order valence-corrected chi connectivity index (χ2v) is 3.56. The van der Waals surface area contributed by atoms with E-state index in [2.05, 4.69) is 4.98 Å². The summed E-state index contributed by atoms with van der Waals surface area (Å²) < 4.78 is 1.97. The van der Waals surface area contributed by atoms with Gasteiger partial charge in [0.05, 0.1) is 16.9 Å². The van der Waals surface area contributed by atoms with Crippen molar-refractivity contribution >= 4 is 46.6 Å². The Hall–Kier alpha value is -0.440. The highest BCUT2D eigenvalue weighted by Gasteiger charge is 2.05. The Bertz CT molecular complexity index is 450. The van der Waals surface area contributed by atoms with E-state index >= 15 is 0 Å². The third-order valence-corrected chi connectivity index (χ3v) is 2.53. The predicted octanol–water partition coefficient (Wildman–Crippen LogP) is 3.39. The summed E-state index contributed by atoms with van der Waals surface area (Å²) >= 11 is 11.6. The van der Waals surface area contributed by atoms with Gasteiger partial charge in [0, 0.05) is 12.1 Å². The number of imidazole rings is 1. The van der Waals surface area contributed by atoms with Crippen molar-refractivity contribution in [3.8, 4) is 0 Å². The van der Waals surface area contributed by atoms with Crippen LogP contribution in [0.2, 0.25) is 5.02 Å². The van der Waals surface area contributed by atoms with Gasteiger partial charge in [-0.25, -0.2) is 4.98 Å². The number of alkyl halides is 1. The molecule has 0 amide bonds. The van der Waals surface area contributed by atoms with Crippen LogP contribution in [0.5, 0.6) is 0 Å². The van der Waals surface area contributed by atoms with E-state index in [-0.39, 0.29) is 12.4 Å². The fraction of sp³-hybridized carbons (Fsp3) is 0.222. The average Bonchev–Trinajstić information content (AvgIpc) is 2.42. The standard InChI is InChI=1S/C9H8Cl2N2.ClH/c1-13-8-3-2-6(11)4-7(8)12-9(13)5-10;/h2-4H,5H2,1H3;1H. The van der Waals surface area contributed by atoms with E-state index in [9.17, 15) is 0 Å². The zero-order valence-electron chi connectivity index (χ0n) is 7.50. The SMILES string of the molecule is Cl.Cn1c(CCl)nc2cc(Cl)ccc21. The fourth-order valence-corrected chi connectivity index (χ4v) is 1.75. The van der Waals surface area contributed by atoms with Crippen LogP contribution in [0.15, 0.2) is 18.2 Å². The molecular formula is C9H9Cl3N2. The van der Waals surface area contributed by atoms with Crippen LogP contribution in [0.4, 0.5) is 0 Å². The topological polar surface area (TPSA) is 17.8 Å². The molecule has 1 aromatic carbocycles. The molecule has 2 aromatic rings. The van der Waals surface area contributed by atoms with Gasteiger partial charge in [-0.1, -0.05) is 11.6 Å². The molecule has 1 aromatic heterocycles. The molecule has 14 heavy (non-hydrogen) atoms. The molecular weight excluding hydrogens is 242 g/mol. The highest BCUT2D eigenvalue weighted by Crippen LogP contribution is 2.19. The highest BCUT2D eigenvalue weighted by molar-refractivity contribution is 6.31. The quantitative estimate of drug-likeness (QED) is 0.711. The zero-order chi connectivity index (χ0) is 9.42. The molecule has 0 aliphatic rings. The van der Waals surface area contributed by atoms with E-state index in [1.807, 2.05) is 29.8 Å². The minimum Gasteiger partial charge on any atom is -0.330 e. The Morgan fingerprint density at radius 3 is 2.79 bits per heavy atom. The van der Waals surface area contributed by atoms with Crippen molar-refractivity contribution in [1.29, 1.82) is 0 Å². The van der Waals surface area contributed by atoms with Gasteiger partial charge >= 0.3 is 0 Å². The van der Waals surface area contributed by atoms with Crippen LogP contribution in [0.25, 0.3) is 11.0 Å². The maximum atomic E-state index is 5.84. The molecule has 0 N–H and O–H groups in total. The Morgan fingerprint density at radius 1 is 1.43 bits per heavy atom. The van der Waals surface area contributed by atoms with Gasteiger partial charge in [0.1, 0.15) is 5.82 Å². The van der Waals surface area contributed by atoms with Crippen molar-refractivity contribution in [2.45, 2.75) is 5.88 Å². The van der Waals surface area contributed by atoms with E-state index in [4.69, 9.17) is 23.2 Å². The molecule has 0 aliphatic heterocycles. The number of hydrogen-bond acceptors (Lipinski definition) is 1. The first-order valence-electron chi connectivity index (χ1n) is 3.89. The minimum atomic E-state index is 0. The van der Waals surface area contributed by atoms with Crippen LogP contribution in [0, 0.1) is 0 Å². The molecule has 0 saturated carbocycles. The van der Waals surface area contributed by atoms with Gasteiger partial charge in [-0.05, 0) is 18.2 Å². The number of nitrogens with zero attached hydrogens (tertiary/aromatic N) is 2. The van der Waals surface area contributed by atoms with E-state index in [1.54, 1.807) is 0 Å². The summed E-state index contributed by atoms with van der Waals surface area (Å²) in [6.07, 6.45) is 0. The third kappa shape index (κ3) is 1.83. The lowest BCUT2D eigenvalue weighted by Crippen LogP contribution is -1.93. The molecule has 0 unspecified atom stereocenters. The zero-order valence-corrected chi connectivity index (χ0v) is 9.83. The van der Waals surface area contributed by atoms with E-state index < -0.39 is 0 Å². The Morgan fingerprint density at radius 2 is 2.14 bits per heavy atom. The number of hydrogen-bond donors (Lipinski definition) is 0. The van der Waals surface area contributed by atoms with E-state index in [0.29, 0.717) is 10.9 Å². The number of halogens is 3. The molecule has 2 rings (SSSR count). The van der Waals surface area contributed by atoms with Crippen LogP contribution in [-0.2, 0) is 12.9 Å². The number of benzene rings is 1. The molecule has 0 spiro atoms. The van der Waals surface area contributed by atoms with Gasteiger partial charge in [-0.3, -0.25) is 0 Å². The second-order valence-electron chi connectivity index (χ2n) is 2.85. The van der Waals surface area contributed by atoms with E-state index in [1.165, 1.54) is 0 Å². The van der Waals surface area contributed by atoms with Crippen LogP contribution in [0.3, 0.4) is 0 Å². The second kappa shape index (κ2) is 4.39. The van der Waals surface area contributed by atoms with E-state index in [0.717, 1.165) is 16.9 Å². The normalized spacial score (nSPS) is 10.2. The van der Waals surface area contributed by atoms with Gasteiger partial charge < -0.3 is 4.57 Å². The van der Waals surface area contributed by atoms with Crippen molar-refractivity contribution in [1.82, 2.24) is 9.55 Å². The van der Waals surface area contributed by atoms with Crippen LogP contribution in [-0.4, -0.2) is 9.55 Å². The molecule has 76 valence electrons. The first-order valence-corrected chi connectivity index (χ1v) is 4.80. The lowest BCUT2D eigenvalue weighted by atomic mass is 10.3. The van der Waals surface area contributed by atoms with Crippen molar-refractivity contribution < 1.29 is 0 Å². The van der Waals surface area contributed by atoms with Crippen molar-refractivity contribution in [2.75, 3.05) is 0 Å².